The van der Waals surface area contributed by atoms with Crippen molar-refractivity contribution in [3.8, 4) is 0 Å². The van der Waals surface area contributed by atoms with Crippen molar-refractivity contribution in [2.45, 2.75) is 39.7 Å². The first-order valence-corrected chi connectivity index (χ1v) is 6.94. The van der Waals surface area contributed by atoms with Crippen molar-refractivity contribution in [1.29, 1.82) is 0 Å². The number of hydrogen-bond donors (Lipinski definition) is 0. The number of nitrogens with zero attached hydrogens (tertiary/aromatic N) is 2. The van der Waals surface area contributed by atoms with E-state index in [1.165, 1.54) is 12.8 Å². The molecule has 2 heteroatoms. The lowest BCUT2D eigenvalue weighted by Crippen LogP contribution is -2.31. The second-order valence-corrected chi connectivity index (χ2v) is 4.80. The van der Waals surface area contributed by atoms with Crippen molar-refractivity contribution < 1.29 is 0 Å². The summed E-state index contributed by atoms with van der Waals surface area (Å²) < 4.78 is 0. The first-order valence-electron chi connectivity index (χ1n) is 6.94. The van der Waals surface area contributed by atoms with Gasteiger partial charge in [-0.1, -0.05) is 38.7 Å². The maximum absolute atomic E-state index is 4.04. The molecule has 1 saturated carbocycles. The summed E-state index contributed by atoms with van der Waals surface area (Å²) in [7, 11) is 4.30. The lowest BCUT2D eigenvalue weighted by Gasteiger charge is -2.23. The van der Waals surface area contributed by atoms with E-state index < -0.39 is 0 Å². The van der Waals surface area contributed by atoms with E-state index in [1.54, 1.807) is 0 Å². The fraction of sp³-hybridized carbons (Fsp3) is 0.625. The van der Waals surface area contributed by atoms with Crippen LogP contribution in [0.5, 0.6) is 0 Å². The zero-order valence-corrected chi connectivity index (χ0v) is 12.9. The average molecular weight is 250 g/mol. The number of hydrogen-bond acceptors (Lipinski definition) is 2. The highest BCUT2D eigenvalue weighted by Gasteiger charge is 2.25. The Labute approximate surface area is 114 Å². The van der Waals surface area contributed by atoms with Gasteiger partial charge in [-0.05, 0) is 32.9 Å². The van der Waals surface area contributed by atoms with Crippen molar-refractivity contribution >= 4 is 0 Å². The van der Waals surface area contributed by atoms with Crippen LogP contribution in [0, 0.1) is 0 Å². The van der Waals surface area contributed by atoms with E-state index in [2.05, 4.69) is 37.1 Å². The fourth-order valence-corrected chi connectivity index (χ4v) is 1.51. The molecule has 0 aliphatic heterocycles. The minimum Gasteiger partial charge on any atom is -0.374 e. The molecule has 0 N–H and O–H groups in total. The minimum absolute atomic E-state index is 0.840. The number of likely N-dealkylation sites (N-methyl/N-ethyl adjacent to an activating group) is 2. The highest BCUT2D eigenvalue weighted by molar-refractivity contribution is 5.21. The molecule has 0 heterocycles. The predicted molar refractivity (Wildman–Crippen MR) is 82.7 cm³/mol. The Bertz CT molecular complexity index is 287. The average Bonchev–Trinajstić information content (AvgIpc) is 3.19. The van der Waals surface area contributed by atoms with Crippen molar-refractivity contribution in [3.05, 3.63) is 36.6 Å². The summed E-state index contributed by atoms with van der Waals surface area (Å²) in [4.78, 5) is 4.63. The van der Waals surface area contributed by atoms with E-state index in [0.29, 0.717) is 0 Å². The van der Waals surface area contributed by atoms with Gasteiger partial charge in [-0.2, -0.15) is 0 Å². The van der Waals surface area contributed by atoms with Gasteiger partial charge in [0.1, 0.15) is 0 Å². The Balaban J connectivity index is 0.00000137. The van der Waals surface area contributed by atoms with Gasteiger partial charge in [-0.3, -0.25) is 0 Å². The zero-order chi connectivity index (χ0) is 14.1. The Hall–Kier alpha value is -1.02. The van der Waals surface area contributed by atoms with Gasteiger partial charge >= 0.3 is 0 Å². The maximum Gasteiger partial charge on any atom is 0.0302 e. The quantitative estimate of drug-likeness (QED) is 0.636. The van der Waals surface area contributed by atoms with Crippen LogP contribution in [0.25, 0.3) is 0 Å². The molecule has 1 fully saturated rings. The van der Waals surface area contributed by atoms with Crippen molar-refractivity contribution in [1.82, 2.24) is 9.80 Å². The molecule has 0 unspecified atom stereocenters. The van der Waals surface area contributed by atoms with Crippen LogP contribution in [0.4, 0.5) is 0 Å². The molecule has 0 bridgehead atoms. The van der Waals surface area contributed by atoms with Crippen LogP contribution in [0.15, 0.2) is 36.6 Å². The van der Waals surface area contributed by atoms with Crippen molar-refractivity contribution in [2.75, 3.05) is 27.2 Å². The highest BCUT2D eigenvalue weighted by Crippen LogP contribution is 2.24. The largest absolute Gasteiger partial charge is 0.374 e. The van der Waals surface area contributed by atoms with Crippen LogP contribution in [-0.2, 0) is 0 Å². The molecule has 1 aliphatic rings. The highest BCUT2D eigenvalue weighted by atomic mass is 15.2. The Morgan fingerprint density at radius 1 is 1.11 bits per heavy atom. The van der Waals surface area contributed by atoms with Gasteiger partial charge in [0.25, 0.3) is 0 Å². The molecule has 0 aromatic carbocycles. The van der Waals surface area contributed by atoms with Crippen LogP contribution >= 0.6 is 0 Å². The van der Waals surface area contributed by atoms with E-state index in [0.717, 1.165) is 30.4 Å². The van der Waals surface area contributed by atoms with Gasteiger partial charge < -0.3 is 9.80 Å². The standard InChI is InChI=1S/C14H24N2.C2H6/c1-12(2)6-7-13(3)15(4)10-11-16(5)14-8-9-14;1-2/h6-7,14H,1,3,8-11H2,2,4-5H3;1-2H3/b7-6-;. The molecule has 18 heavy (non-hydrogen) atoms. The topological polar surface area (TPSA) is 6.48 Å². The van der Waals surface area contributed by atoms with Gasteiger partial charge in [-0.15, -0.1) is 0 Å². The fourth-order valence-electron chi connectivity index (χ4n) is 1.51. The molecule has 0 aromatic rings. The van der Waals surface area contributed by atoms with Gasteiger partial charge in [0, 0.05) is 31.9 Å². The van der Waals surface area contributed by atoms with Gasteiger partial charge in [-0.25, -0.2) is 0 Å². The van der Waals surface area contributed by atoms with Crippen LogP contribution < -0.4 is 0 Å². The SMILES string of the molecule is C=C(C)/C=C\C(=C)N(C)CCN(C)C1CC1.CC. The lowest BCUT2D eigenvalue weighted by molar-refractivity contribution is 0.281. The third-order valence-electron chi connectivity index (χ3n) is 3.01. The maximum atomic E-state index is 4.04. The van der Waals surface area contributed by atoms with Crippen LogP contribution in [-0.4, -0.2) is 43.0 Å². The van der Waals surface area contributed by atoms with E-state index in [-0.39, 0.29) is 0 Å². The first kappa shape index (κ1) is 17.0. The third kappa shape index (κ3) is 7.33. The zero-order valence-electron chi connectivity index (χ0n) is 12.9. The summed E-state index contributed by atoms with van der Waals surface area (Å²) in [6, 6.07) is 0.840. The number of allylic oxidation sites excluding steroid dienone is 3. The second-order valence-electron chi connectivity index (χ2n) is 4.80. The molecular weight excluding hydrogens is 220 g/mol. The van der Waals surface area contributed by atoms with Crippen LogP contribution in [0.3, 0.4) is 0 Å². The van der Waals surface area contributed by atoms with Crippen LogP contribution in [0.1, 0.15) is 33.6 Å². The summed E-state index contributed by atoms with van der Waals surface area (Å²) in [5.74, 6) is 0. The van der Waals surface area contributed by atoms with Crippen molar-refractivity contribution in [3.63, 3.8) is 0 Å². The number of rotatable bonds is 7. The second kappa shape index (κ2) is 8.98. The normalized spacial score (nSPS) is 14.3. The summed E-state index contributed by atoms with van der Waals surface area (Å²) in [5, 5.41) is 0. The molecule has 0 saturated heterocycles. The predicted octanol–water partition coefficient (Wildman–Crippen LogP) is 3.68. The van der Waals surface area contributed by atoms with Gasteiger partial charge in [0.2, 0.25) is 0 Å². The first-order chi connectivity index (χ1) is 8.50. The molecule has 0 radical (unpaired) electrons. The van der Waals surface area contributed by atoms with Gasteiger partial charge in [0.05, 0.1) is 0 Å². The Morgan fingerprint density at radius 3 is 2.11 bits per heavy atom. The van der Waals surface area contributed by atoms with Gasteiger partial charge in [0.15, 0.2) is 0 Å². The summed E-state index contributed by atoms with van der Waals surface area (Å²) in [6.07, 6.45) is 6.77. The molecular formula is C16H30N2. The molecule has 0 amide bonds. The van der Waals surface area contributed by atoms with E-state index in [1.807, 2.05) is 32.9 Å². The summed E-state index contributed by atoms with van der Waals surface area (Å²) >= 11 is 0. The molecule has 0 spiro atoms. The molecule has 0 atom stereocenters. The van der Waals surface area contributed by atoms with Crippen LogP contribution in [0.2, 0.25) is 0 Å². The van der Waals surface area contributed by atoms with E-state index in [4.69, 9.17) is 0 Å². The Morgan fingerprint density at radius 2 is 1.67 bits per heavy atom. The summed E-state index contributed by atoms with van der Waals surface area (Å²) in [6.45, 7) is 16.0. The van der Waals surface area contributed by atoms with Crippen molar-refractivity contribution in [2.24, 2.45) is 0 Å². The molecule has 2 nitrogen and oxygen atoms in total. The third-order valence-corrected chi connectivity index (χ3v) is 3.01. The summed E-state index contributed by atoms with van der Waals surface area (Å²) in [5.41, 5.74) is 2.11. The van der Waals surface area contributed by atoms with E-state index >= 15 is 0 Å². The smallest absolute Gasteiger partial charge is 0.0302 e. The lowest BCUT2D eigenvalue weighted by atomic mass is 10.3. The molecule has 1 aliphatic carbocycles. The molecule has 0 aromatic heterocycles. The van der Waals surface area contributed by atoms with E-state index in [9.17, 15) is 0 Å². The minimum atomic E-state index is 0.840. The molecule has 104 valence electrons. The Kier molecular flexibility index (Phi) is 8.47. The monoisotopic (exact) mass is 250 g/mol. The molecule has 1 rings (SSSR count).